The molecular weight excluding hydrogens is 360 g/mol. The molecule has 0 aromatic heterocycles. The molecule has 0 saturated carbocycles. The first-order valence-electron chi connectivity index (χ1n) is 9.42. The van der Waals surface area contributed by atoms with Gasteiger partial charge in [0.1, 0.15) is 0 Å². The molecule has 7 nitrogen and oxygen atoms in total. The molecule has 154 valence electrons. The van der Waals surface area contributed by atoms with Gasteiger partial charge in [-0.1, -0.05) is 66.2 Å². The first-order chi connectivity index (χ1) is 12.0. The Morgan fingerprint density at radius 1 is 0.885 bits per heavy atom. The molecule has 0 aliphatic heterocycles. The smallest absolute Gasteiger partial charge is 0.325 e. The van der Waals surface area contributed by atoms with E-state index in [1.54, 1.807) is 0 Å². The molecule has 0 radical (unpaired) electrons. The lowest BCUT2D eigenvalue weighted by atomic mass is 9.68. The topological polar surface area (TPSA) is 129 Å². The summed E-state index contributed by atoms with van der Waals surface area (Å²) < 4.78 is 33.4. The highest BCUT2D eigenvalue weighted by Crippen LogP contribution is 2.44. The third-order valence-electron chi connectivity index (χ3n) is 5.30. The molecule has 0 amide bonds. The number of hydrogen-bond donors (Lipinski definition) is 3. The Hall–Kier alpha value is -1.15. The highest BCUT2D eigenvalue weighted by atomic mass is 32.2. The molecule has 0 aromatic carbocycles. The van der Waals surface area contributed by atoms with E-state index in [2.05, 4.69) is 0 Å². The SMILES string of the molecule is CCCC(CC)CC(CC(CC)CCC)(C(=O)O)C(C(=O)O)S(=O)(=O)O. The fourth-order valence-electron chi connectivity index (χ4n) is 3.98. The van der Waals surface area contributed by atoms with Crippen molar-refractivity contribution in [2.24, 2.45) is 17.3 Å². The maximum Gasteiger partial charge on any atom is 0.325 e. The molecule has 0 aliphatic carbocycles. The van der Waals surface area contributed by atoms with Crippen LogP contribution in [0.15, 0.2) is 0 Å². The summed E-state index contributed by atoms with van der Waals surface area (Å²) in [5.41, 5.74) is -2.05. The average Bonchev–Trinajstić information content (AvgIpc) is 2.51. The van der Waals surface area contributed by atoms with Crippen molar-refractivity contribution in [3.05, 3.63) is 0 Å². The van der Waals surface area contributed by atoms with Gasteiger partial charge in [0, 0.05) is 0 Å². The van der Waals surface area contributed by atoms with Crippen LogP contribution in [0.1, 0.15) is 79.1 Å². The second-order valence-electron chi connectivity index (χ2n) is 7.23. The van der Waals surface area contributed by atoms with Gasteiger partial charge in [-0.15, -0.1) is 0 Å². The van der Waals surface area contributed by atoms with Crippen LogP contribution in [-0.2, 0) is 19.7 Å². The van der Waals surface area contributed by atoms with E-state index in [0.717, 1.165) is 12.8 Å². The van der Waals surface area contributed by atoms with Gasteiger partial charge in [-0.3, -0.25) is 14.1 Å². The first-order valence-corrected chi connectivity index (χ1v) is 10.9. The van der Waals surface area contributed by atoms with Crippen molar-refractivity contribution < 1.29 is 32.8 Å². The Kier molecular flexibility index (Phi) is 10.4. The number of aliphatic carboxylic acids is 2. The van der Waals surface area contributed by atoms with Crippen molar-refractivity contribution in [2.75, 3.05) is 0 Å². The van der Waals surface area contributed by atoms with Crippen LogP contribution in [0.2, 0.25) is 0 Å². The largest absolute Gasteiger partial charge is 0.481 e. The molecule has 0 spiro atoms. The van der Waals surface area contributed by atoms with Gasteiger partial charge in [-0.2, -0.15) is 8.42 Å². The zero-order chi connectivity index (χ0) is 20.5. The Labute approximate surface area is 156 Å². The van der Waals surface area contributed by atoms with E-state index >= 15 is 0 Å². The number of carboxylic acids is 2. The minimum Gasteiger partial charge on any atom is -0.481 e. The fraction of sp³-hybridized carbons (Fsp3) is 0.889. The molecule has 3 unspecified atom stereocenters. The highest BCUT2D eigenvalue weighted by molar-refractivity contribution is 7.87. The molecule has 0 saturated heterocycles. The normalized spacial score (nSPS) is 17.9. The number of carboxylic acid groups (broad SMARTS) is 2. The molecule has 0 rings (SSSR count). The van der Waals surface area contributed by atoms with Gasteiger partial charge in [0.25, 0.3) is 10.1 Å². The van der Waals surface area contributed by atoms with E-state index in [0.29, 0.717) is 25.7 Å². The number of carbonyl (C=O) groups is 2. The zero-order valence-corrected chi connectivity index (χ0v) is 17.1. The van der Waals surface area contributed by atoms with Crippen LogP contribution < -0.4 is 0 Å². The van der Waals surface area contributed by atoms with E-state index < -0.39 is 32.7 Å². The van der Waals surface area contributed by atoms with Crippen molar-refractivity contribution in [2.45, 2.75) is 84.3 Å². The minimum atomic E-state index is -5.08. The van der Waals surface area contributed by atoms with Crippen molar-refractivity contribution in [3.63, 3.8) is 0 Å². The molecule has 0 fully saturated rings. The lowest BCUT2D eigenvalue weighted by Gasteiger charge is -2.38. The lowest BCUT2D eigenvalue weighted by molar-refractivity contribution is -0.158. The quantitative estimate of drug-likeness (QED) is 0.382. The van der Waals surface area contributed by atoms with Crippen LogP contribution in [0.3, 0.4) is 0 Å². The van der Waals surface area contributed by atoms with Gasteiger partial charge in [0.05, 0.1) is 5.41 Å². The Morgan fingerprint density at radius 3 is 1.46 bits per heavy atom. The zero-order valence-electron chi connectivity index (χ0n) is 16.3. The minimum absolute atomic E-state index is 0.0797. The van der Waals surface area contributed by atoms with E-state index in [-0.39, 0.29) is 24.7 Å². The van der Waals surface area contributed by atoms with Crippen LogP contribution >= 0.6 is 0 Å². The van der Waals surface area contributed by atoms with E-state index in [1.807, 2.05) is 27.7 Å². The summed E-state index contributed by atoms with van der Waals surface area (Å²) in [4.78, 5) is 24.0. The first kappa shape index (κ1) is 24.8. The summed E-state index contributed by atoms with van der Waals surface area (Å²) in [6, 6.07) is 0. The molecule has 0 bridgehead atoms. The molecule has 8 heteroatoms. The Balaban J connectivity index is 6.37. The standard InChI is InChI=1S/C18H34O7S/c1-5-9-13(7-3)11-18(17(21)22,12-14(8-4)10-6-2)15(16(19)20)26(23,24)25/h13-15H,5-12H2,1-4H3,(H,19,20)(H,21,22)(H,23,24,25). The molecule has 26 heavy (non-hydrogen) atoms. The molecular formula is C18H34O7S. The average molecular weight is 395 g/mol. The fourth-order valence-corrected chi connectivity index (χ4v) is 5.10. The predicted molar refractivity (Wildman–Crippen MR) is 99.7 cm³/mol. The van der Waals surface area contributed by atoms with Crippen molar-refractivity contribution in [1.82, 2.24) is 0 Å². The van der Waals surface area contributed by atoms with E-state index in [9.17, 15) is 32.8 Å². The van der Waals surface area contributed by atoms with Gasteiger partial charge in [-0.25, -0.2) is 0 Å². The summed E-state index contributed by atoms with van der Waals surface area (Å²) in [5, 5.41) is 17.1. The Morgan fingerprint density at radius 2 is 1.27 bits per heavy atom. The summed E-state index contributed by atoms with van der Waals surface area (Å²) in [6.45, 7) is 7.63. The summed E-state index contributed by atoms with van der Waals surface area (Å²) >= 11 is 0. The lowest BCUT2D eigenvalue weighted by Crippen LogP contribution is -2.53. The van der Waals surface area contributed by atoms with Crippen LogP contribution in [0.25, 0.3) is 0 Å². The molecule has 0 aromatic rings. The van der Waals surface area contributed by atoms with Crippen LogP contribution in [-0.4, -0.2) is 40.4 Å². The second-order valence-corrected chi connectivity index (χ2v) is 8.73. The highest BCUT2D eigenvalue weighted by Gasteiger charge is 2.57. The van der Waals surface area contributed by atoms with Crippen LogP contribution in [0.4, 0.5) is 0 Å². The van der Waals surface area contributed by atoms with Crippen molar-refractivity contribution >= 4 is 22.1 Å². The van der Waals surface area contributed by atoms with Gasteiger partial charge in [-0.05, 0) is 24.7 Å². The Bertz CT molecular complexity index is 540. The number of hydrogen-bond acceptors (Lipinski definition) is 4. The monoisotopic (exact) mass is 394 g/mol. The van der Waals surface area contributed by atoms with Crippen LogP contribution in [0, 0.1) is 17.3 Å². The molecule has 0 aliphatic rings. The molecule has 3 atom stereocenters. The maximum absolute atomic E-state index is 12.3. The molecule has 0 heterocycles. The third kappa shape index (κ3) is 6.54. The van der Waals surface area contributed by atoms with Gasteiger partial charge >= 0.3 is 11.9 Å². The van der Waals surface area contributed by atoms with Crippen molar-refractivity contribution in [1.29, 1.82) is 0 Å². The third-order valence-corrected chi connectivity index (χ3v) is 6.55. The number of rotatable bonds is 14. The van der Waals surface area contributed by atoms with E-state index in [1.165, 1.54) is 0 Å². The van der Waals surface area contributed by atoms with Crippen molar-refractivity contribution in [3.8, 4) is 0 Å². The molecule has 3 N–H and O–H groups in total. The van der Waals surface area contributed by atoms with Gasteiger partial charge in [0.2, 0.25) is 0 Å². The summed E-state index contributed by atoms with van der Waals surface area (Å²) in [5.74, 6) is -3.53. The van der Waals surface area contributed by atoms with Crippen LogP contribution in [0.5, 0.6) is 0 Å². The summed E-state index contributed by atoms with van der Waals surface area (Å²) in [6.07, 6.45) is 3.99. The summed E-state index contributed by atoms with van der Waals surface area (Å²) in [7, 11) is -5.08. The van der Waals surface area contributed by atoms with E-state index in [4.69, 9.17) is 0 Å². The predicted octanol–water partition coefficient (Wildman–Crippen LogP) is 3.83. The van der Waals surface area contributed by atoms with Gasteiger partial charge in [0.15, 0.2) is 5.25 Å². The second kappa shape index (κ2) is 10.9. The van der Waals surface area contributed by atoms with Gasteiger partial charge < -0.3 is 10.2 Å². The maximum atomic E-state index is 12.3.